The lowest BCUT2D eigenvalue weighted by Gasteiger charge is -2.39. The summed E-state index contributed by atoms with van der Waals surface area (Å²) >= 11 is 0. The quantitative estimate of drug-likeness (QED) is 0.409. The molecule has 1 saturated carbocycles. The van der Waals surface area contributed by atoms with Crippen LogP contribution in [0.15, 0.2) is 24.3 Å². The summed E-state index contributed by atoms with van der Waals surface area (Å²) in [6.45, 7) is 4.27. The van der Waals surface area contributed by atoms with Crippen molar-refractivity contribution in [1.82, 2.24) is 14.7 Å². The number of unbranched alkanes of at least 4 members (excludes halogenated alkanes) is 2. The maximum Gasteiger partial charge on any atom is 0.249 e. The number of nitrogens with zero attached hydrogens (tertiary/aromatic N) is 3. The van der Waals surface area contributed by atoms with E-state index in [1.165, 1.54) is 6.42 Å². The monoisotopic (exact) mass is 499 g/mol. The molecule has 1 N–H and O–H groups in total. The van der Waals surface area contributed by atoms with Crippen LogP contribution in [0.5, 0.6) is 0 Å². The number of aliphatic hydroxyl groups excluding tert-OH is 1. The molecule has 4 heterocycles. The topological polar surface area (TPSA) is 90.4 Å². The molecule has 5 aliphatic rings. The highest BCUT2D eigenvalue weighted by Gasteiger charge is 2.71. The van der Waals surface area contributed by atoms with Crippen LogP contribution in [0.4, 0.5) is 0 Å². The Morgan fingerprint density at radius 3 is 2.53 bits per heavy atom. The number of ether oxygens (including phenoxy) is 1. The molecule has 1 aliphatic carbocycles. The van der Waals surface area contributed by atoms with Crippen molar-refractivity contribution in [1.29, 1.82) is 0 Å². The molecule has 0 radical (unpaired) electrons. The summed E-state index contributed by atoms with van der Waals surface area (Å²) in [6, 6.07) is -0.567. The van der Waals surface area contributed by atoms with Crippen LogP contribution < -0.4 is 0 Å². The molecule has 0 aromatic heterocycles. The number of hydrogen-bond acceptors (Lipinski definition) is 5. The van der Waals surface area contributed by atoms with Gasteiger partial charge in [0.25, 0.3) is 0 Å². The molecular weight excluding hydrogens is 458 g/mol. The first kappa shape index (κ1) is 25.5. The van der Waals surface area contributed by atoms with Crippen molar-refractivity contribution in [3.8, 4) is 0 Å². The van der Waals surface area contributed by atoms with E-state index in [-0.39, 0.29) is 30.4 Å². The maximum absolute atomic E-state index is 14.3. The van der Waals surface area contributed by atoms with Gasteiger partial charge in [-0.2, -0.15) is 0 Å². The minimum atomic E-state index is -1.13. The lowest BCUT2D eigenvalue weighted by Crippen LogP contribution is -2.57. The molecule has 2 saturated heterocycles. The molecule has 198 valence electrons. The van der Waals surface area contributed by atoms with Crippen LogP contribution in [0.1, 0.15) is 64.7 Å². The third kappa shape index (κ3) is 4.20. The van der Waals surface area contributed by atoms with Crippen molar-refractivity contribution in [3.05, 3.63) is 24.3 Å². The molecule has 0 bridgehead atoms. The van der Waals surface area contributed by atoms with Crippen LogP contribution in [0, 0.1) is 11.8 Å². The Balaban J connectivity index is 1.52. The molecule has 36 heavy (non-hydrogen) atoms. The smallest absolute Gasteiger partial charge is 0.249 e. The Bertz CT molecular complexity index is 913. The lowest BCUT2D eigenvalue weighted by atomic mass is 9.77. The van der Waals surface area contributed by atoms with Crippen molar-refractivity contribution in [3.63, 3.8) is 0 Å². The third-order valence-corrected chi connectivity index (χ3v) is 8.84. The van der Waals surface area contributed by atoms with E-state index in [4.69, 9.17) is 4.74 Å². The zero-order valence-corrected chi connectivity index (χ0v) is 21.5. The molecule has 1 unspecified atom stereocenters. The molecule has 1 spiro atoms. The highest BCUT2D eigenvalue weighted by molar-refractivity contribution is 5.99. The van der Waals surface area contributed by atoms with Crippen LogP contribution in [0.2, 0.25) is 0 Å². The average Bonchev–Trinajstić information content (AvgIpc) is 3.20. The first-order valence-electron chi connectivity index (χ1n) is 14.1. The minimum Gasteiger partial charge on any atom is -0.396 e. The molecular formula is C28H41N3O5. The fraction of sp³-hybridized carbons (Fsp3) is 0.750. The summed E-state index contributed by atoms with van der Waals surface area (Å²) in [7, 11) is 0. The van der Waals surface area contributed by atoms with E-state index >= 15 is 0 Å². The normalized spacial score (nSPS) is 34.6. The van der Waals surface area contributed by atoms with Gasteiger partial charge in [0, 0.05) is 38.8 Å². The fourth-order valence-corrected chi connectivity index (χ4v) is 7.21. The Labute approximate surface area is 214 Å². The summed E-state index contributed by atoms with van der Waals surface area (Å²) < 4.78 is 6.70. The maximum atomic E-state index is 14.3. The Kier molecular flexibility index (Phi) is 7.54. The molecule has 0 aromatic carbocycles. The Hall–Kier alpha value is -2.19. The molecule has 4 aliphatic heterocycles. The van der Waals surface area contributed by atoms with Gasteiger partial charge in [-0.1, -0.05) is 50.5 Å². The number of fused-ring (bicyclic) bond motifs is 2. The SMILES string of the molecule is CCCN1CC=C[C@H]2O[C@]34C=CCN(C5CCCCC5)C(=O)C3N(CCCCCO)C(=O)[C@@H]4[C@H]2C1=O. The van der Waals surface area contributed by atoms with Crippen LogP contribution >= 0.6 is 0 Å². The first-order valence-corrected chi connectivity index (χ1v) is 14.1. The Morgan fingerprint density at radius 1 is 0.972 bits per heavy atom. The zero-order chi connectivity index (χ0) is 25.3. The first-order chi connectivity index (χ1) is 17.5. The van der Waals surface area contributed by atoms with Gasteiger partial charge < -0.3 is 24.5 Å². The van der Waals surface area contributed by atoms with E-state index in [0.717, 1.165) is 38.5 Å². The van der Waals surface area contributed by atoms with Crippen LogP contribution in [0.25, 0.3) is 0 Å². The number of hydrogen-bond donors (Lipinski definition) is 1. The summed E-state index contributed by atoms with van der Waals surface area (Å²) in [4.78, 5) is 47.7. The molecule has 0 aromatic rings. The van der Waals surface area contributed by atoms with Crippen LogP contribution in [-0.2, 0) is 19.1 Å². The van der Waals surface area contributed by atoms with Gasteiger partial charge in [0.15, 0.2) is 0 Å². The van der Waals surface area contributed by atoms with Crippen molar-refractivity contribution < 1.29 is 24.2 Å². The summed E-state index contributed by atoms with van der Waals surface area (Å²) in [5.41, 5.74) is -1.13. The second-order valence-electron chi connectivity index (χ2n) is 11.1. The second-order valence-corrected chi connectivity index (χ2v) is 11.1. The van der Waals surface area contributed by atoms with Crippen molar-refractivity contribution in [2.24, 2.45) is 11.8 Å². The largest absolute Gasteiger partial charge is 0.396 e. The van der Waals surface area contributed by atoms with E-state index in [1.54, 1.807) is 4.90 Å². The Morgan fingerprint density at radius 2 is 1.78 bits per heavy atom. The van der Waals surface area contributed by atoms with Gasteiger partial charge in [-0.05, 0) is 38.5 Å². The standard InChI is InChI=1S/C28H41N3O5/c1-2-15-29-16-9-13-21-22(25(29)33)23-26(34)31(17-7-4-8-19-32)24-27(35)30(20-11-5-3-6-12-20)18-10-14-28(23,24)36-21/h9-10,13-14,20-24,32H,2-8,11-12,15-19H2,1H3/t21-,22+,23+,24?,28+/m1/s1. The summed E-state index contributed by atoms with van der Waals surface area (Å²) in [5, 5.41) is 9.22. The minimum absolute atomic E-state index is 0.0387. The molecule has 3 amide bonds. The van der Waals surface area contributed by atoms with Gasteiger partial charge in [-0.25, -0.2) is 0 Å². The van der Waals surface area contributed by atoms with Gasteiger partial charge in [0.1, 0.15) is 11.6 Å². The fourth-order valence-electron chi connectivity index (χ4n) is 7.21. The van der Waals surface area contributed by atoms with Gasteiger partial charge in [-0.3, -0.25) is 14.4 Å². The van der Waals surface area contributed by atoms with E-state index < -0.39 is 29.6 Å². The van der Waals surface area contributed by atoms with Crippen LogP contribution in [0.3, 0.4) is 0 Å². The van der Waals surface area contributed by atoms with Gasteiger partial charge in [0.05, 0.1) is 17.9 Å². The molecule has 3 fully saturated rings. The molecule has 5 rings (SSSR count). The molecule has 8 nitrogen and oxygen atoms in total. The van der Waals surface area contributed by atoms with Crippen LogP contribution in [-0.4, -0.2) is 94.1 Å². The van der Waals surface area contributed by atoms with E-state index in [0.29, 0.717) is 39.0 Å². The number of amides is 3. The third-order valence-electron chi connectivity index (χ3n) is 8.84. The predicted molar refractivity (Wildman–Crippen MR) is 135 cm³/mol. The lowest BCUT2D eigenvalue weighted by molar-refractivity contribution is -0.150. The van der Waals surface area contributed by atoms with Crippen molar-refractivity contribution in [2.75, 3.05) is 32.8 Å². The summed E-state index contributed by atoms with van der Waals surface area (Å²) in [6.07, 6.45) is 15.8. The van der Waals surface area contributed by atoms with Crippen molar-refractivity contribution >= 4 is 17.7 Å². The van der Waals surface area contributed by atoms with E-state index in [1.807, 2.05) is 41.0 Å². The number of likely N-dealkylation sites (tertiary alicyclic amines) is 1. The summed E-state index contributed by atoms with van der Waals surface area (Å²) in [5.74, 6) is -1.54. The second kappa shape index (κ2) is 10.7. The average molecular weight is 500 g/mol. The zero-order valence-electron chi connectivity index (χ0n) is 21.5. The van der Waals surface area contributed by atoms with Gasteiger partial charge in [0.2, 0.25) is 17.7 Å². The molecule has 5 atom stereocenters. The number of aliphatic hydroxyl groups is 1. The number of rotatable bonds is 8. The van der Waals surface area contributed by atoms with E-state index in [2.05, 4.69) is 0 Å². The molecule has 8 heteroatoms. The number of carbonyl (C=O) groups excluding carboxylic acids is 3. The highest BCUT2D eigenvalue weighted by Crippen LogP contribution is 2.53. The van der Waals surface area contributed by atoms with E-state index in [9.17, 15) is 19.5 Å². The highest BCUT2D eigenvalue weighted by atomic mass is 16.5. The van der Waals surface area contributed by atoms with Gasteiger partial charge >= 0.3 is 0 Å². The van der Waals surface area contributed by atoms with Gasteiger partial charge in [-0.15, -0.1) is 0 Å². The van der Waals surface area contributed by atoms with Crippen molar-refractivity contribution in [2.45, 2.75) is 88.5 Å². The predicted octanol–water partition coefficient (Wildman–Crippen LogP) is 2.27. The number of carbonyl (C=O) groups is 3.